The maximum absolute atomic E-state index is 13.0. The molecule has 0 aliphatic carbocycles. The topological polar surface area (TPSA) is 50.3 Å². The summed E-state index contributed by atoms with van der Waals surface area (Å²) in [6.07, 6.45) is 2.41. The van der Waals surface area contributed by atoms with Gasteiger partial charge in [0.05, 0.1) is 5.25 Å². The molecule has 0 N–H and O–H groups in total. The lowest BCUT2D eigenvalue weighted by Crippen LogP contribution is -2.41. The maximum atomic E-state index is 13.0. The molecule has 1 aliphatic heterocycles. The second kappa shape index (κ2) is 7.44. The number of benzene rings is 1. The fraction of sp³-hybridized carbons (Fsp3) is 0.353. The van der Waals surface area contributed by atoms with Gasteiger partial charge in [-0.3, -0.25) is 14.5 Å². The third-order valence-corrected chi connectivity index (χ3v) is 6.16. The number of imide groups is 1. The molecule has 1 saturated heterocycles. The number of aromatic nitrogens is 1. The maximum Gasteiger partial charge on any atom is 0.260 e. The van der Waals surface area contributed by atoms with E-state index in [1.807, 2.05) is 12.3 Å². The van der Waals surface area contributed by atoms with Gasteiger partial charge in [-0.15, -0.1) is 11.3 Å². The molecule has 0 spiro atoms. The Morgan fingerprint density at radius 1 is 1.33 bits per heavy atom. The first-order valence-electron chi connectivity index (χ1n) is 7.74. The van der Waals surface area contributed by atoms with Crippen LogP contribution in [0.5, 0.6) is 0 Å². The summed E-state index contributed by atoms with van der Waals surface area (Å²) in [4.78, 5) is 31.2. The smallest absolute Gasteiger partial charge is 0.260 e. The van der Waals surface area contributed by atoms with E-state index in [1.165, 1.54) is 52.3 Å². The lowest BCUT2D eigenvalue weighted by atomic mass is 10.2. The van der Waals surface area contributed by atoms with Gasteiger partial charge in [-0.2, -0.15) is 0 Å². The minimum Gasteiger partial charge on any atom is -0.278 e. The molecule has 1 fully saturated rings. The van der Waals surface area contributed by atoms with E-state index >= 15 is 0 Å². The lowest BCUT2D eigenvalue weighted by Gasteiger charge is -2.22. The quantitative estimate of drug-likeness (QED) is 0.775. The van der Waals surface area contributed by atoms with Crippen LogP contribution < -0.4 is 0 Å². The molecule has 3 rings (SSSR count). The number of amides is 2. The van der Waals surface area contributed by atoms with Gasteiger partial charge in [0, 0.05) is 23.2 Å². The zero-order valence-electron chi connectivity index (χ0n) is 13.2. The molecule has 126 valence electrons. The second-order valence-corrected chi connectivity index (χ2v) is 7.97. The number of hydrogen-bond acceptors (Lipinski definition) is 5. The molecule has 1 unspecified atom stereocenters. The van der Waals surface area contributed by atoms with E-state index in [0.717, 1.165) is 29.3 Å². The van der Waals surface area contributed by atoms with E-state index in [-0.39, 0.29) is 17.1 Å². The van der Waals surface area contributed by atoms with Gasteiger partial charge in [0.15, 0.2) is 4.34 Å². The predicted molar refractivity (Wildman–Crippen MR) is 92.8 cm³/mol. The summed E-state index contributed by atoms with van der Waals surface area (Å²) in [6.45, 7) is 2.32. The molecule has 7 heteroatoms. The van der Waals surface area contributed by atoms with Crippen LogP contribution in [0.15, 0.2) is 34.0 Å². The molecule has 1 aromatic carbocycles. The average Bonchev–Trinajstić information content (AvgIpc) is 2.89. The Hall–Kier alpha value is -1.73. The average molecular weight is 364 g/mol. The van der Waals surface area contributed by atoms with E-state index in [0.29, 0.717) is 12.1 Å². The van der Waals surface area contributed by atoms with Crippen molar-refractivity contribution in [1.29, 1.82) is 0 Å². The van der Waals surface area contributed by atoms with E-state index in [9.17, 15) is 14.0 Å². The highest BCUT2D eigenvalue weighted by atomic mass is 32.2. The molecule has 4 nitrogen and oxygen atoms in total. The van der Waals surface area contributed by atoms with E-state index < -0.39 is 5.82 Å². The fourth-order valence-corrected chi connectivity index (χ4v) is 4.76. The van der Waals surface area contributed by atoms with Crippen molar-refractivity contribution in [2.24, 2.45) is 0 Å². The lowest BCUT2D eigenvalue weighted by molar-refractivity contribution is -0.127. The molecule has 0 bridgehead atoms. The molecule has 24 heavy (non-hydrogen) atoms. The Morgan fingerprint density at radius 2 is 2.08 bits per heavy atom. The van der Waals surface area contributed by atoms with Crippen molar-refractivity contribution in [3.63, 3.8) is 0 Å². The number of rotatable bonds is 3. The zero-order chi connectivity index (χ0) is 17.1. The minimum atomic E-state index is -0.402. The number of likely N-dealkylation sites (tertiary alicyclic amines) is 1. The molecule has 1 aromatic heterocycles. The number of thioether (sulfide) groups is 1. The SMILES string of the molecule is Cc1csc(SC2CCCCN(C(=O)c3ccc(F)cc3)C2=O)n1. The van der Waals surface area contributed by atoms with Crippen molar-refractivity contribution < 1.29 is 14.0 Å². The van der Waals surface area contributed by atoms with Gasteiger partial charge in [-0.05, 0) is 44.0 Å². The highest BCUT2D eigenvalue weighted by Crippen LogP contribution is 2.32. The van der Waals surface area contributed by atoms with E-state index in [2.05, 4.69) is 4.98 Å². The van der Waals surface area contributed by atoms with Gasteiger partial charge in [0.2, 0.25) is 5.91 Å². The number of aryl methyl sites for hydroxylation is 1. The number of thiazole rings is 1. The molecule has 2 amide bonds. The molecular weight excluding hydrogens is 347 g/mol. The van der Waals surface area contributed by atoms with Gasteiger partial charge in [-0.25, -0.2) is 9.37 Å². The highest BCUT2D eigenvalue weighted by Gasteiger charge is 2.32. The number of carbonyl (C=O) groups excluding carboxylic acids is 2. The van der Waals surface area contributed by atoms with Crippen molar-refractivity contribution in [1.82, 2.24) is 9.88 Å². The van der Waals surface area contributed by atoms with Crippen molar-refractivity contribution in [2.45, 2.75) is 35.8 Å². The van der Waals surface area contributed by atoms with E-state index in [1.54, 1.807) is 0 Å². The first kappa shape index (κ1) is 17.1. The molecule has 1 atom stereocenters. The summed E-state index contributed by atoms with van der Waals surface area (Å²) in [5, 5.41) is 1.65. The molecule has 0 saturated carbocycles. The van der Waals surface area contributed by atoms with Crippen molar-refractivity contribution in [2.75, 3.05) is 6.54 Å². The van der Waals surface area contributed by atoms with Crippen molar-refractivity contribution in [3.05, 3.63) is 46.7 Å². The van der Waals surface area contributed by atoms with Crippen LogP contribution in [0.2, 0.25) is 0 Å². The van der Waals surface area contributed by atoms with Gasteiger partial charge >= 0.3 is 0 Å². The predicted octanol–water partition coefficient (Wildman–Crippen LogP) is 3.90. The van der Waals surface area contributed by atoms with Gasteiger partial charge in [-0.1, -0.05) is 18.2 Å². The van der Waals surface area contributed by atoms with Crippen LogP contribution in [0.3, 0.4) is 0 Å². The highest BCUT2D eigenvalue weighted by molar-refractivity contribution is 8.02. The first-order valence-corrected chi connectivity index (χ1v) is 9.50. The summed E-state index contributed by atoms with van der Waals surface area (Å²) in [5.74, 6) is -0.941. The Bertz CT molecular complexity index is 745. The number of carbonyl (C=O) groups is 2. The number of halogens is 1. The number of hydrogen-bond donors (Lipinski definition) is 0. The summed E-state index contributed by atoms with van der Waals surface area (Å²) < 4.78 is 13.9. The Labute approximate surface area is 148 Å². The van der Waals surface area contributed by atoms with E-state index in [4.69, 9.17) is 0 Å². The summed E-state index contributed by atoms with van der Waals surface area (Å²) in [6, 6.07) is 5.31. The van der Waals surface area contributed by atoms with Crippen LogP contribution in [0.25, 0.3) is 0 Å². The molecule has 2 aromatic rings. The van der Waals surface area contributed by atoms with Crippen LogP contribution in [-0.2, 0) is 4.79 Å². The van der Waals surface area contributed by atoms with Crippen LogP contribution >= 0.6 is 23.1 Å². The molecule has 2 heterocycles. The Balaban J connectivity index is 1.78. The fourth-order valence-electron chi connectivity index (χ4n) is 2.57. The Kier molecular flexibility index (Phi) is 5.30. The molecular formula is C17H17FN2O2S2. The zero-order valence-corrected chi connectivity index (χ0v) is 14.8. The number of nitrogens with zero attached hydrogens (tertiary/aromatic N) is 2. The molecule has 1 aliphatic rings. The van der Waals surface area contributed by atoms with Crippen LogP contribution in [0.4, 0.5) is 4.39 Å². The van der Waals surface area contributed by atoms with Gasteiger partial charge in [0.25, 0.3) is 5.91 Å². The second-order valence-electron chi connectivity index (χ2n) is 5.66. The standard InChI is InChI=1S/C17H17FN2O2S2/c1-11-10-23-17(19-11)24-14-4-2-3-9-20(16(14)22)15(21)12-5-7-13(18)8-6-12/h5-8,10,14H,2-4,9H2,1H3. The third-order valence-electron chi connectivity index (χ3n) is 3.82. The minimum absolute atomic E-state index is 0.181. The van der Waals surface area contributed by atoms with Gasteiger partial charge in [0.1, 0.15) is 5.82 Å². The first-order chi connectivity index (χ1) is 11.5. The van der Waals surface area contributed by atoms with Crippen molar-refractivity contribution >= 4 is 34.9 Å². The van der Waals surface area contributed by atoms with Gasteiger partial charge < -0.3 is 0 Å². The van der Waals surface area contributed by atoms with Crippen LogP contribution in [-0.4, -0.2) is 33.5 Å². The summed E-state index contributed by atoms with van der Waals surface area (Å²) >= 11 is 2.94. The monoisotopic (exact) mass is 364 g/mol. The van der Waals surface area contributed by atoms with Crippen LogP contribution in [0, 0.1) is 12.7 Å². The summed E-state index contributed by atoms with van der Waals surface area (Å²) in [5.41, 5.74) is 1.27. The summed E-state index contributed by atoms with van der Waals surface area (Å²) in [7, 11) is 0. The molecule has 0 radical (unpaired) electrons. The third kappa shape index (κ3) is 3.84. The normalized spacial score (nSPS) is 18.5. The largest absolute Gasteiger partial charge is 0.278 e. The Morgan fingerprint density at radius 3 is 2.75 bits per heavy atom. The van der Waals surface area contributed by atoms with Crippen LogP contribution in [0.1, 0.15) is 35.3 Å². The van der Waals surface area contributed by atoms with Crippen molar-refractivity contribution in [3.8, 4) is 0 Å².